The van der Waals surface area contributed by atoms with Crippen LogP contribution in [0.1, 0.15) is 0 Å². The first-order valence-electron chi connectivity index (χ1n) is 7.87. The molecule has 0 radical (unpaired) electrons. The first kappa shape index (κ1) is 19.0. The first-order valence-corrected chi connectivity index (χ1v) is 10.6. The van der Waals surface area contributed by atoms with E-state index in [0.29, 0.717) is 22.4 Å². The van der Waals surface area contributed by atoms with Gasteiger partial charge in [-0.1, -0.05) is 11.8 Å². The maximum atomic E-state index is 12.1. The van der Waals surface area contributed by atoms with E-state index < -0.39 is 15.7 Å². The molecule has 0 spiro atoms. The van der Waals surface area contributed by atoms with Crippen molar-refractivity contribution >= 4 is 38.4 Å². The lowest BCUT2D eigenvalue weighted by Crippen LogP contribution is -2.38. The highest BCUT2D eigenvalue weighted by Crippen LogP contribution is 2.44. The molecule has 2 atom stereocenters. The van der Waals surface area contributed by atoms with Gasteiger partial charge in [-0.15, -0.1) is 0 Å². The van der Waals surface area contributed by atoms with E-state index in [1.54, 1.807) is 30.2 Å². The Morgan fingerprint density at radius 1 is 1.27 bits per heavy atom. The van der Waals surface area contributed by atoms with E-state index in [-0.39, 0.29) is 29.4 Å². The molecule has 0 N–H and O–H groups in total. The van der Waals surface area contributed by atoms with Crippen molar-refractivity contribution in [1.82, 2.24) is 0 Å². The minimum absolute atomic E-state index is 0.0112. The lowest BCUT2D eigenvalue weighted by molar-refractivity contribution is -0.121. The zero-order valence-electron chi connectivity index (χ0n) is 14.7. The third-order valence-corrected chi connectivity index (χ3v) is 7.41. The summed E-state index contributed by atoms with van der Waals surface area (Å²) >= 11 is 1.30. The predicted octanol–water partition coefficient (Wildman–Crippen LogP) is 0.952. The van der Waals surface area contributed by atoms with E-state index in [0.717, 1.165) is 0 Å². The third kappa shape index (κ3) is 3.67. The van der Waals surface area contributed by atoms with Gasteiger partial charge < -0.3 is 19.1 Å². The second-order valence-electron chi connectivity index (χ2n) is 5.93. The topological polar surface area (TPSA) is 94.5 Å². The number of carbonyl (C=O) groups is 1. The Hall–Kier alpha value is -1.78. The summed E-state index contributed by atoms with van der Waals surface area (Å²) in [6.45, 7) is -0.134. The molecule has 2 aliphatic rings. The second kappa shape index (κ2) is 7.45. The van der Waals surface area contributed by atoms with Crippen LogP contribution < -0.4 is 14.4 Å². The van der Waals surface area contributed by atoms with Crippen molar-refractivity contribution < 1.29 is 27.4 Å². The van der Waals surface area contributed by atoms with Crippen LogP contribution in [0.5, 0.6) is 11.5 Å². The summed E-state index contributed by atoms with van der Waals surface area (Å²) < 4.78 is 39.7. The van der Waals surface area contributed by atoms with Gasteiger partial charge in [0.1, 0.15) is 18.1 Å². The lowest BCUT2D eigenvalue weighted by atomic mass is 10.2. The van der Waals surface area contributed by atoms with E-state index in [4.69, 9.17) is 14.2 Å². The third-order valence-electron chi connectivity index (χ3n) is 4.20. The van der Waals surface area contributed by atoms with Gasteiger partial charge in [0.15, 0.2) is 15.0 Å². The van der Waals surface area contributed by atoms with Gasteiger partial charge in [0.05, 0.1) is 37.5 Å². The summed E-state index contributed by atoms with van der Waals surface area (Å²) in [6.07, 6.45) is 0. The number of carbonyl (C=O) groups excluding carboxylic acids is 1. The number of thioether (sulfide) groups is 1. The monoisotopic (exact) mass is 400 g/mol. The number of anilines is 1. The van der Waals surface area contributed by atoms with Gasteiger partial charge in [-0.25, -0.2) is 8.42 Å². The van der Waals surface area contributed by atoms with Crippen molar-refractivity contribution in [2.45, 2.75) is 11.3 Å². The van der Waals surface area contributed by atoms with Crippen molar-refractivity contribution in [1.29, 1.82) is 0 Å². The zero-order valence-corrected chi connectivity index (χ0v) is 16.3. The van der Waals surface area contributed by atoms with Crippen LogP contribution in [0.25, 0.3) is 0 Å². The van der Waals surface area contributed by atoms with E-state index in [1.165, 1.54) is 26.0 Å². The number of nitrogens with zero attached hydrogens (tertiary/aromatic N) is 2. The summed E-state index contributed by atoms with van der Waals surface area (Å²) in [7, 11) is 1.37. The summed E-state index contributed by atoms with van der Waals surface area (Å²) in [5.74, 6) is 0.783. The Bertz CT molecular complexity index is 839. The predicted molar refractivity (Wildman–Crippen MR) is 100 cm³/mol. The molecule has 2 unspecified atom stereocenters. The minimum Gasteiger partial charge on any atom is -0.497 e. The van der Waals surface area contributed by atoms with E-state index in [2.05, 4.69) is 4.99 Å². The van der Waals surface area contributed by atoms with Crippen LogP contribution in [0.2, 0.25) is 0 Å². The average Bonchev–Trinajstić information content (AvgIpc) is 3.05. The molecule has 26 heavy (non-hydrogen) atoms. The van der Waals surface area contributed by atoms with Crippen LogP contribution in [-0.4, -0.2) is 70.2 Å². The quantitative estimate of drug-likeness (QED) is 0.721. The molecule has 0 saturated carbocycles. The highest BCUT2D eigenvalue weighted by atomic mass is 32.2. The Kier molecular flexibility index (Phi) is 5.44. The Labute approximate surface area is 156 Å². The fraction of sp³-hybridized carbons (Fsp3) is 0.500. The molecule has 2 aliphatic heterocycles. The Morgan fingerprint density at radius 3 is 2.69 bits per heavy atom. The van der Waals surface area contributed by atoms with E-state index in [9.17, 15) is 13.2 Å². The Balaban J connectivity index is 2.05. The maximum absolute atomic E-state index is 12.1. The number of aliphatic imine (C=N–C) groups is 1. The number of ether oxygens (including phenoxy) is 3. The number of benzene rings is 1. The molecule has 0 aliphatic carbocycles. The molecule has 142 valence electrons. The average molecular weight is 400 g/mol. The Morgan fingerprint density at radius 2 is 2.04 bits per heavy atom. The van der Waals surface area contributed by atoms with Crippen LogP contribution >= 0.6 is 11.8 Å². The SMILES string of the molecule is COCC(=O)N=C1SC2CS(=O)(=O)CC2N1c1ccc(OC)cc1OC. The van der Waals surface area contributed by atoms with Gasteiger partial charge in [-0.3, -0.25) is 4.79 Å². The molecular weight excluding hydrogens is 380 g/mol. The van der Waals surface area contributed by atoms with Gasteiger partial charge >= 0.3 is 0 Å². The van der Waals surface area contributed by atoms with Crippen LogP contribution in [0.3, 0.4) is 0 Å². The minimum atomic E-state index is -3.13. The summed E-state index contributed by atoms with van der Waals surface area (Å²) in [6, 6.07) is 4.95. The molecule has 1 amide bonds. The number of methoxy groups -OCH3 is 3. The number of hydrogen-bond acceptors (Lipinski definition) is 7. The summed E-state index contributed by atoms with van der Waals surface area (Å²) in [4.78, 5) is 17.9. The summed E-state index contributed by atoms with van der Waals surface area (Å²) in [5, 5.41) is 0.279. The summed E-state index contributed by atoms with van der Waals surface area (Å²) in [5.41, 5.74) is 0.648. The van der Waals surface area contributed by atoms with Crippen molar-refractivity contribution in [3.05, 3.63) is 18.2 Å². The van der Waals surface area contributed by atoms with Gasteiger partial charge in [-0.05, 0) is 12.1 Å². The standard InChI is InChI=1S/C16H20N2O6S2/c1-22-7-15(19)17-16-18(12-8-26(20,21)9-14(12)25-16)11-5-4-10(23-2)6-13(11)24-3/h4-6,12,14H,7-9H2,1-3H3. The highest BCUT2D eigenvalue weighted by molar-refractivity contribution is 8.16. The molecule has 1 aromatic carbocycles. The van der Waals surface area contributed by atoms with Gasteiger partial charge in [0, 0.05) is 18.4 Å². The zero-order chi connectivity index (χ0) is 18.9. The number of amides is 1. The van der Waals surface area contributed by atoms with Crippen molar-refractivity contribution in [2.75, 3.05) is 44.3 Å². The van der Waals surface area contributed by atoms with Crippen molar-refractivity contribution in [3.63, 3.8) is 0 Å². The molecule has 2 saturated heterocycles. The van der Waals surface area contributed by atoms with Crippen LogP contribution in [0, 0.1) is 0 Å². The molecule has 8 nitrogen and oxygen atoms in total. The van der Waals surface area contributed by atoms with Gasteiger partial charge in [0.2, 0.25) is 0 Å². The smallest absolute Gasteiger partial charge is 0.274 e. The van der Waals surface area contributed by atoms with E-state index in [1.807, 2.05) is 0 Å². The van der Waals surface area contributed by atoms with Crippen LogP contribution in [-0.2, 0) is 19.4 Å². The van der Waals surface area contributed by atoms with Crippen molar-refractivity contribution in [3.8, 4) is 11.5 Å². The highest BCUT2D eigenvalue weighted by Gasteiger charge is 2.50. The number of fused-ring (bicyclic) bond motifs is 1. The molecule has 0 bridgehead atoms. The van der Waals surface area contributed by atoms with Crippen LogP contribution in [0.4, 0.5) is 5.69 Å². The fourth-order valence-corrected chi connectivity index (χ4v) is 7.02. The molecule has 3 rings (SSSR count). The van der Waals surface area contributed by atoms with Gasteiger partial charge in [0.25, 0.3) is 5.91 Å². The van der Waals surface area contributed by atoms with E-state index >= 15 is 0 Å². The molecule has 2 heterocycles. The van der Waals surface area contributed by atoms with Crippen molar-refractivity contribution in [2.24, 2.45) is 4.99 Å². The fourth-order valence-electron chi connectivity index (χ4n) is 3.09. The maximum Gasteiger partial charge on any atom is 0.274 e. The number of hydrogen-bond donors (Lipinski definition) is 0. The molecule has 10 heteroatoms. The number of amidine groups is 1. The molecular formula is C16H20N2O6S2. The normalized spacial score (nSPS) is 25.3. The number of rotatable bonds is 5. The van der Waals surface area contributed by atoms with Crippen LogP contribution in [0.15, 0.2) is 23.2 Å². The largest absolute Gasteiger partial charge is 0.497 e. The van der Waals surface area contributed by atoms with Gasteiger partial charge in [-0.2, -0.15) is 4.99 Å². The number of sulfone groups is 1. The molecule has 2 fully saturated rings. The second-order valence-corrected chi connectivity index (χ2v) is 9.29. The lowest BCUT2D eigenvalue weighted by Gasteiger charge is -2.26. The first-order chi connectivity index (χ1) is 12.4. The molecule has 1 aromatic rings. The molecule has 0 aromatic heterocycles.